The molecule has 62 valence electrons. The Morgan fingerprint density at radius 1 is 1.55 bits per heavy atom. The highest BCUT2D eigenvalue weighted by molar-refractivity contribution is 5.59. The molecule has 3 nitrogen and oxygen atoms in total. The molecule has 1 aliphatic heterocycles. The Morgan fingerprint density at radius 2 is 2.18 bits per heavy atom. The monoisotopic (exact) mass is 153 g/mol. The maximum absolute atomic E-state index is 5.73. The quantitative estimate of drug-likeness (QED) is 0.608. The number of nitrogens with two attached hydrogens (primary N) is 1. The second kappa shape index (κ2) is 2.66. The molecule has 0 fully saturated rings. The molecule has 0 spiro atoms. The van der Waals surface area contributed by atoms with E-state index in [4.69, 9.17) is 5.73 Å². The van der Waals surface area contributed by atoms with Gasteiger partial charge in [-0.2, -0.15) is 0 Å². The van der Waals surface area contributed by atoms with Gasteiger partial charge < -0.3 is 10.6 Å². The summed E-state index contributed by atoms with van der Waals surface area (Å²) in [5.41, 5.74) is 5.22. The highest BCUT2D eigenvalue weighted by Crippen LogP contribution is 2.10. The van der Waals surface area contributed by atoms with Crippen molar-refractivity contribution in [3.05, 3.63) is 12.3 Å². The van der Waals surface area contributed by atoms with E-state index >= 15 is 0 Å². The van der Waals surface area contributed by atoms with Gasteiger partial charge in [-0.05, 0) is 26.8 Å². The van der Waals surface area contributed by atoms with E-state index in [1.165, 1.54) is 0 Å². The minimum Gasteiger partial charge on any atom is -0.337 e. The van der Waals surface area contributed by atoms with Gasteiger partial charge in [0, 0.05) is 12.2 Å². The lowest BCUT2D eigenvalue weighted by Crippen LogP contribution is -2.38. The van der Waals surface area contributed by atoms with Gasteiger partial charge in [0.15, 0.2) is 0 Å². The molecular weight excluding hydrogens is 138 g/mol. The molecule has 0 saturated heterocycles. The Kier molecular flexibility index (Phi) is 2.00. The number of rotatable bonds is 1. The normalized spacial score (nSPS) is 30.1. The maximum Gasteiger partial charge on any atom is 0.127 e. The van der Waals surface area contributed by atoms with E-state index < -0.39 is 5.66 Å². The van der Waals surface area contributed by atoms with Crippen molar-refractivity contribution in [3.8, 4) is 0 Å². The van der Waals surface area contributed by atoms with Crippen molar-refractivity contribution in [2.24, 2.45) is 10.7 Å². The largest absolute Gasteiger partial charge is 0.337 e. The van der Waals surface area contributed by atoms with Crippen LogP contribution in [0.1, 0.15) is 20.8 Å². The standard InChI is InChI=1S/C8H15N3/c1-7(2)11-5-4-8(3,9)10-6-11/h4-7H,9H2,1-3H3. The average molecular weight is 153 g/mol. The molecule has 0 aromatic heterocycles. The summed E-state index contributed by atoms with van der Waals surface area (Å²) in [5.74, 6) is 0. The van der Waals surface area contributed by atoms with Crippen LogP contribution in [0.25, 0.3) is 0 Å². The number of hydrogen-bond acceptors (Lipinski definition) is 3. The first kappa shape index (κ1) is 8.27. The predicted molar refractivity (Wildman–Crippen MR) is 47.2 cm³/mol. The molecule has 0 radical (unpaired) electrons. The molecular formula is C8H15N3. The lowest BCUT2D eigenvalue weighted by Gasteiger charge is -2.27. The van der Waals surface area contributed by atoms with Crippen LogP contribution in [0.5, 0.6) is 0 Å². The van der Waals surface area contributed by atoms with Gasteiger partial charge in [-0.15, -0.1) is 0 Å². The summed E-state index contributed by atoms with van der Waals surface area (Å²) in [4.78, 5) is 6.18. The molecule has 1 aliphatic rings. The SMILES string of the molecule is CC(C)N1C=CC(C)(N)N=C1. The minimum atomic E-state index is -0.509. The van der Waals surface area contributed by atoms with Gasteiger partial charge >= 0.3 is 0 Å². The highest BCUT2D eigenvalue weighted by Gasteiger charge is 2.16. The molecule has 0 saturated carbocycles. The fourth-order valence-electron chi connectivity index (χ4n) is 0.815. The van der Waals surface area contributed by atoms with E-state index in [-0.39, 0.29) is 0 Å². The van der Waals surface area contributed by atoms with E-state index in [9.17, 15) is 0 Å². The number of aliphatic imine (C=N–C) groups is 1. The summed E-state index contributed by atoms with van der Waals surface area (Å²) in [6.45, 7) is 6.09. The van der Waals surface area contributed by atoms with Crippen LogP contribution in [-0.2, 0) is 0 Å². The summed E-state index contributed by atoms with van der Waals surface area (Å²) < 4.78 is 0. The van der Waals surface area contributed by atoms with Gasteiger partial charge in [0.05, 0.1) is 6.34 Å². The zero-order valence-electron chi connectivity index (χ0n) is 7.28. The van der Waals surface area contributed by atoms with E-state index in [0.29, 0.717) is 6.04 Å². The Morgan fingerprint density at radius 3 is 2.55 bits per heavy atom. The lowest BCUT2D eigenvalue weighted by molar-refractivity contribution is 0.441. The molecule has 3 heteroatoms. The maximum atomic E-state index is 5.73. The van der Waals surface area contributed by atoms with Gasteiger partial charge in [-0.3, -0.25) is 0 Å². The van der Waals surface area contributed by atoms with Crippen molar-refractivity contribution >= 4 is 6.34 Å². The molecule has 0 bridgehead atoms. The van der Waals surface area contributed by atoms with Crippen molar-refractivity contribution in [1.82, 2.24) is 4.90 Å². The first-order valence-electron chi connectivity index (χ1n) is 3.82. The smallest absolute Gasteiger partial charge is 0.127 e. The first-order chi connectivity index (χ1) is 5.01. The van der Waals surface area contributed by atoms with Crippen molar-refractivity contribution in [2.75, 3.05) is 0 Å². The topological polar surface area (TPSA) is 41.6 Å². The van der Waals surface area contributed by atoms with E-state index in [1.54, 1.807) is 6.34 Å². The van der Waals surface area contributed by atoms with Crippen LogP contribution in [0.2, 0.25) is 0 Å². The van der Waals surface area contributed by atoms with Crippen LogP contribution in [0.4, 0.5) is 0 Å². The van der Waals surface area contributed by atoms with Gasteiger partial charge in [0.25, 0.3) is 0 Å². The summed E-state index contributed by atoms with van der Waals surface area (Å²) in [6.07, 6.45) is 5.65. The van der Waals surface area contributed by atoms with Crippen LogP contribution in [0.3, 0.4) is 0 Å². The zero-order chi connectivity index (χ0) is 8.48. The van der Waals surface area contributed by atoms with Gasteiger partial charge in [0.2, 0.25) is 0 Å². The van der Waals surface area contributed by atoms with Crippen LogP contribution < -0.4 is 5.73 Å². The summed E-state index contributed by atoms with van der Waals surface area (Å²) in [5, 5.41) is 0. The molecule has 1 heterocycles. The Labute approximate surface area is 67.6 Å². The molecule has 1 atom stereocenters. The van der Waals surface area contributed by atoms with Crippen molar-refractivity contribution in [2.45, 2.75) is 32.5 Å². The van der Waals surface area contributed by atoms with E-state index in [0.717, 1.165) is 0 Å². The lowest BCUT2D eigenvalue weighted by atomic mass is 10.2. The van der Waals surface area contributed by atoms with Crippen LogP contribution in [0.15, 0.2) is 17.3 Å². The molecule has 1 unspecified atom stereocenters. The second-order valence-corrected chi connectivity index (χ2v) is 3.33. The second-order valence-electron chi connectivity index (χ2n) is 3.33. The average Bonchev–Trinajstić information content (AvgIpc) is 1.86. The Bertz CT molecular complexity index is 176. The van der Waals surface area contributed by atoms with Crippen LogP contribution in [-0.4, -0.2) is 22.9 Å². The molecule has 0 aromatic rings. The van der Waals surface area contributed by atoms with Gasteiger partial charge in [-0.1, -0.05) is 0 Å². The summed E-state index contributed by atoms with van der Waals surface area (Å²) in [6, 6.07) is 0.450. The zero-order valence-corrected chi connectivity index (χ0v) is 7.28. The molecule has 1 rings (SSSR count). The third kappa shape index (κ3) is 2.05. The third-order valence-corrected chi connectivity index (χ3v) is 1.65. The molecule has 0 aromatic carbocycles. The Hall–Kier alpha value is -0.830. The summed E-state index contributed by atoms with van der Waals surface area (Å²) in [7, 11) is 0. The molecule has 0 amide bonds. The number of nitrogens with zero attached hydrogens (tertiary/aromatic N) is 2. The third-order valence-electron chi connectivity index (χ3n) is 1.65. The van der Waals surface area contributed by atoms with Crippen LogP contribution in [0, 0.1) is 0 Å². The highest BCUT2D eigenvalue weighted by atomic mass is 15.2. The van der Waals surface area contributed by atoms with E-state index in [2.05, 4.69) is 18.8 Å². The van der Waals surface area contributed by atoms with Gasteiger partial charge in [-0.25, -0.2) is 4.99 Å². The molecule has 2 N–H and O–H groups in total. The van der Waals surface area contributed by atoms with Crippen molar-refractivity contribution in [1.29, 1.82) is 0 Å². The van der Waals surface area contributed by atoms with Crippen LogP contribution >= 0.6 is 0 Å². The minimum absolute atomic E-state index is 0.450. The first-order valence-corrected chi connectivity index (χ1v) is 3.82. The summed E-state index contributed by atoms with van der Waals surface area (Å²) >= 11 is 0. The van der Waals surface area contributed by atoms with Crippen molar-refractivity contribution in [3.63, 3.8) is 0 Å². The molecule has 11 heavy (non-hydrogen) atoms. The van der Waals surface area contributed by atoms with Crippen molar-refractivity contribution < 1.29 is 0 Å². The predicted octanol–water partition coefficient (Wildman–Crippen LogP) is 0.927. The molecule has 0 aliphatic carbocycles. The Balaban J connectivity index is 2.65. The van der Waals surface area contributed by atoms with E-state index in [1.807, 2.05) is 24.1 Å². The fourth-order valence-corrected chi connectivity index (χ4v) is 0.815. The fraction of sp³-hybridized carbons (Fsp3) is 0.625. The van der Waals surface area contributed by atoms with Gasteiger partial charge in [0.1, 0.15) is 5.66 Å². The number of hydrogen-bond donors (Lipinski definition) is 1.